The Labute approximate surface area is 51.5 Å². The number of hydrogen-bond donors (Lipinski definition) is 3. The third kappa shape index (κ3) is 4.24. The molecule has 8 heavy (non-hydrogen) atoms. The van der Waals surface area contributed by atoms with Crippen molar-refractivity contribution in [3.63, 3.8) is 0 Å². The van der Waals surface area contributed by atoms with Gasteiger partial charge in [-0.05, 0) is 0 Å². The fourth-order valence-corrected chi connectivity index (χ4v) is 0. The largest absolute Gasteiger partial charge is 1.00 e. The molecule has 0 bridgehead atoms. The average molecular weight is 165 g/mol. The van der Waals surface area contributed by atoms with Gasteiger partial charge in [-0.2, -0.15) is 5.21 Å². The van der Waals surface area contributed by atoms with Crippen LogP contribution in [0.2, 0.25) is 0 Å². The molecule has 0 fully saturated rings. The van der Waals surface area contributed by atoms with Crippen LogP contribution in [0, 0.1) is 5.21 Å². The highest BCUT2D eigenvalue weighted by Gasteiger charge is 2.08. The molecule has 52 valence electrons. The molecule has 0 aliphatic rings. The third-order valence-corrected chi connectivity index (χ3v) is 0.662. The Morgan fingerprint density at radius 1 is 1.50 bits per heavy atom. The summed E-state index contributed by atoms with van der Waals surface area (Å²) in [6.45, 7) is 0. The lowest BCUT2D eigenvalue weighted by molar-refractivity contribution is -0.939. The lowest BCUT2D eigenvalue weighted by atomic mass is 13.2. The minimum atomic E-state index is -4.82. The molecule has 0 amide bonds. The van der Waals surface area contributed by atoms with E-state index < -0.39 is 14.9 Å². The van der Waals surface area contributed by atoms with E-state index >= 15 is 0 Å². The average Bonchev–Trinajstić information content (AvgIpc) is 1.31. The highest BCUT2D eigenvalue weighted by Crippen LogP contribution is 1.53. The number of halogens is 1. The Hall–Kier alpha value is 0.0800. The van der Waals surface area contributed by atoms with Crippen molar-refractivity contribution < 1.29 is 35.2 Å². The van der Waals surface area contributed by atoms with Gasteiger partial charge in [-0.1, -0.05) is 4.63 Å². The third-order valence-electron chi connectivity index (χ3n) is 0.221. The maximum atomic E-state index is 9.29. The van der Waals surface area contributed by atoms with Crippen molar-refractivity contribution in [3.05, 3.63) is 5.21 Å². The zero-order valence-electron chi connectivity index (χ0n) is 3.41. The van der Waals surface area contributed by atoms with Gasteiger partial charge in [0, 0.05) is 0 Å². The topological polar surface area (TPSA) is 102 Å². The molecule has 1 atom stereocenters. The minimum absolute atomic E-state index is 0. The maximum Gasteiger partial charge on any atom is 0.462 e. The van der Waals surface area contributed by atoms with Crippen molar-refractivity contribution in [1.82, 2.24) is 0 Å². The second-order valence-electron chi connectivity index (χ2n) is 0.741. The molecule has 8 heteroatoms. The van der Waals surface area contributed by atoms with Crippen molar-refractivity contribution in [2.45, 2.75) is 0 Å². The summed E-state index contributed by atoms with van der Waals surface area (Å²) in [6.07, 6.45) is 0. The van der Waals surface area contributed by atoms with Crippen LogP contribution in [0.4, 0.5) is 0 Å². The molecule has 3 N–H and O–H groups in total. The van der Waals surface area contributed by atoms with Crippen molar-refractivity contribution in [1.29, 1.82) is 0 Å². The first kappa shape index (κ1) is 11.0. The summed E-state index contributed by atoms with van der Waals surface area (Å²) in [5, 5.41) is 16.6. The molecule has 0 rings (SSSR count). The molecule has 0 spiro atoms. The zero-order chi connectivity index (χ0) is 6.08. The first-order valence-corrected chi connectivity index (χ1v) is 2.59. The normalized spacial score (nSPS) is 14.4. The predicted molar refractivity (Wildman–Crippen MR) is 17.7 cm³/mol. The van der Waals surface area contributed by atoms with Crippen LogP contribution in [-0.2, 0) is 10.3 Å². The van der Waals surface area contributed by atoms with Gasteiger partial charge in [0.15, 0.2) is 0 Å². The molecule has 0 aliphatic heterocycles. The second kappa shape index (κ2) is 3.17. The van der Waals surface area contributed by atoms with Gasteiger partial charge in [0.1, 0.15) is 0 Å². The van der Waals surface area contributed by atoms with E-state index in [0.717, 1.165) is 0 Å². The van der Waals surface area contributed by atoms with E-state index in [1.54, 1.807) is 0 Å². The first-order chi connectivity index (χ1) is 2.94. The second-order valence-corrected chi connectivity index (χ2v) is 2.04. The molecule has 0 aromatic rings. The molecule has 0 aromatic carbocycles. The molecule has 0 heterocycles. The van der Waals surface area contributed by atoms with Crippen LogP contribution in [0.3, 0.4) is 0 Å². The summed E-state index contributed by atoms with van der Waals surface area (Å²) in [5.74, 6) is 0. The van der Waals surface area contributed by atoms with E-state index in [1.165, 1.54) is 0 Å². The van der Waals surface area contributed by atoms with Gasteiger partial charge >= 0.3 is 10.3 Å². The fourth-order valence-electron chi connectivity index (χ4n) is 0. The van der Waals surface area contributed by atoms with Crippen LogP contribution in [0.25, 0.3) is 0 Å². The van der Waals surface area contributed by atoms with Crippen LogP contribution in [0.5, 0.6) is 0 Å². The molecule has 1 unspecified atom stereocenters. The highest BCUT2D eigenvalue weighted by atomic mass is 35.5. The number of quaternary nitrogens is 1. The summed E-state index contributed by atoms with van der Waals surface area (Å²) in [4.78, 5) is 0. The van der Waals surface area contributed by atoms with Crippen molar-refractivity contribution >= 4 is 10.3 Å². The van der Waals surface area contributed by atoms with Crippen LogP contribution in [0.15, 0.2) is 0 Å². The van der Waals surface area contributed by atoms with Gasteiger partial charge in [-0.3, -0.25) is 0 Å². The van der Waals surface area contributed by atoms with Crippen molar-refractivity contribution in [2.24, 2.45) is 0 Å². The van der Waals surface area contributed by atoms with Crippen LogP contribution in [-0.4, -0.2) is 18.2 Å². The summed E-state index contributed by atoms with van der Waals surface area (Å²) < 4.78 is 23.8. The highest BCUT2D eigenvalue weighted by molar-refractivity contribution is 7.79. The van der Waals surface area contributed by atoms with Gasteiger partial charge in [-0.25, -0.2) is 4.55 Å². The SMILES string of the molecule is O=S(=O)(O)[NH+]([O-])O.[Cl-]. The van der Waals surface area contributed by atoms with Gasteiger partial charge in [0.2, 0.25) is 0 Å². The summed E-state index contributed by atoms with van der Waals surface area (Å²) in [5.41, 5.74) is 0. The Balaban J connectivity index is 0. The Morgan fingerprint density at radius 2 is 1.62 bits per heavy atom. The van der Waals surface area contributed by atoms with E-state index in [2.05, 4.69) is 0 Å². The van der Waals surface area contributed by atoms with Crippen LogP contribution >= 0.6 is 0 Å². The standard InChI is InChI=1S/ClH.H3NO5S/c;2-1(3)7(4,5)6/h1H;1-2H,(H,4,5,6)/p-1. The summed E-state index contributed by atoms with van der Waals surface area (Å²) in [7, 11) is -4.82. The van der Waals surface area contributed by atoms with Crippen LogP contribution in [0.1, 0.15) is 0 Å². The molecule has 0 saturated heterocycles. The van der Waals surface area contributed by atoms with E-state index in [0.29, 0.717) is 0 Å². The maximum absolute atomic E-state index is 9.29. The minimum Gasteiger partial charge on any atom is -1.00 e. The lowest BCUT2D eigenvalue weighted by Crippen LogP contribution is -3.06. The first-order valence-electron chi connectivity index (χ1n) is 1.15. The molecule has 0 saturated carbocycles. The molecule has 0 aliphatic carbocycles. The number of rotatable bonds is 1. The smallest absolute Gasteiger partial charge is 0.462 e. The van der Waals surface area contributed by atoms with E-state index in [4.69, 9.17) is 9.76 Å². The summed E-state index contributed by atoms with van der Waals surface area (Å²) >= 11 is 0. The number of nitrogens with one attached hydrogen (secondary N) is 1. The molecular formula is H3ClNO5S-. The fraction of sp³-hybridized carbons (Fsp3) is 0. The van der Waals surface area contributed by atoms with E-state index in [-0.39, 0.29) is 12.4 Å². The Morgan fingerprint density at radius 3 is 1.62 bits per heavy atom. The van der Waals surface area contributed by atoms with Crippen LogP contribution < -0.4 is 17.0 Å². The quantitative estimate of drug-likeness (QED) is 0.265. The number of hydrogen-bond acceptors (Lipinski definition) is 4. The monoisotopic (exact) mass is 164 g/mol. The van der Waals surface area contributed by atoms with Crippen molar-refractivity contribution in [3.8, 4) is 0 Å². The van der Waals surface area contributed by atoms with Gasteiger partial charge < -0.3 is 17.6 Å². The molecule has 6 nitrogen and oxygen atoms in total. The molecule has 0 aromatic heterocycles. The Kier molecular flexibility index (Phi) is 4.35. The molecular weight excluding hydrogens is 162 g/mol. The lowest BCUT2D eigenvalue weighted by Gasteiger charge is -2.04. The van der Waals surface area contributed by atoms with Crippen molar-refractivity contribution in [2.75, 3.05) is 0 Å². The molecule has 0 radical (unpaired) electrons. The van der Waals surface area contributed by atoms with E-state index in [9.17, 15) is 13.6 Å². The van der Waals surface area contributed by atoms with E-state index in [1.807, 2.05) is 0 Å². The Bertz CT molecular complexity index is 135. The van der Waals surface area contributed by atoms with Gasteiger partial charge in [0.05, 0.1) is 0 Å². The van der Waals surface area contributed by atoms with Gasteiger partial charge in [-0.15, -0.1) is 8.42 Å². The van der Waals surface area contributed by atoms with Gasteiger partial charge in [0.25, 0.3) is 0 Å². The predicted octanol–water partition coefficient (Wildman–Crippen LogP) is -5.43. The summed E-state index contributed by atoms with van der Waals surface area (Å²) in [6, 6.07) is 0. The zero-order valence-corrected chi connectivity index (χ0v) is 4.98.